The van der Waals surface area contributed by atoms with Crippen molar-refractivity contribution in [2.75, 3.05) is 12.4 Å². The van der Waals surface area contributed by atoms with Gasteiger partial charge >= 0.3 is 12.1 Å². The van der Waals surface area contributed by atoms with Crippen LogP contribution in [0.4, 0.5) is 4.79 Å². The van der Waals surface area contributed by atoms with Crippen molar-refractivity contribution >= 4 is 34.9 Å². The van der Waals surface area contributed by atoms with Crippen LogP contribution in [-0.4, -0.2) is 34.0 Å². The molecule has 25 heavy (non-hydrogen) atoms. The summed E-state index contributed by atoms with van der Waals surface area (Å²) >= 11 is 1.14. The predicted molar refractivity (Wildman–Crippen MR) is 95.0 cm³/mol. The van der Waals surface area contributed by atoms with E-state index < -0.39 is 6.09 Å². The first kappa shape index (κ1) is 17.0. The normalized spacial score (nSPS) is 10.6. The van der Waals surface area contributed by atoms with Crippen molar-refractivity contribution in [2.45, 2.75) is 12.1 Å². The number of benzene rings is 2. The van der Waals surface area contributed by atoms with Gasteiger partial charge in [-0.25, -0.2) is 14.3 Å². The van der Waals surface area contributed by atoms with Crippen LogP contribution in [-0.2, 0) is 9.53 Å². The van der Waals surface area contributed by atoms with Crippen molar-refractivity contribution in [3.63, 3.8) is 0 Å². The van der Waals surface area contributed by atoms with Crippen LogP contribution in [0.25, 0.3) is 11.0 Å². The highest BCUT2D eigenvalue weighted by atomic mass is 32.2. The molecule has 1 heterocycles. The van der Waals surface area contributed by atoms with E-state index in [9.17, 15) is 9.59 Å². The fourth-order valence-electron chi connectivity index (χ4n) is 2.24. The number of carbonyl (C=O) groups is 2. The van der Waals surface area contributed by atoms with Crippen molar-refractivity contribution in [1.82, 2.24) is 9.55 Å². The molecule has 0 aliphatic rings. The number of rotatable bonds is 5. The van der Waals surface area contributed by atoms with Crippen LogP contribution in [0.1, 0.15) is 6.92 Å². The second-order valence-electron chi connectivity index (χ2n) is 4.99. The zero-order valence-corrected chi connectivity index (χ0v) is 14.4. The summed E-state index contributed by atoms with van der Waals surface area (Å²) in [7, 11) is 0. The topological polar surface area (TPSA) is 70.4 Å². The van der Waals surface area contributed by atoms with Crippen molar-refractivity contribution in [1.29, 1.82) is 0 Å². The minimum atomic E-state index is -0.578. The minimum Gasteiger partial charge on any atom is -0.465 e. The van der Waals surface area contributed by atoms with Gasteiger partial charge in [0.25, 0.3) is 0 Å². The van der Waals surface area contributed by atoms with Gasteiger partial charge in [0.1, 0.15) is 5.75 Å². The van der Waals surface area contributed by atoms with E-state index in [1.807, 2.05) is 18.2 Å². The van der Waals surface area contributed by atoms with E-state index in [4.69, 9.17) is 9.47 Å². The molecule has 128 valence electrons. The molecule has 3 rings (SSSR count). The summed E-state index contributed by atoms with van der Waals surface area (Å²) < 4.78 is 11.7. The number of fused-ring (bicyclic) bond motifs is 1. The first-order valence-electron chi connectivity index (χ1n) is 7.72. The Morgan fingerprint density at radius 2 is 1.80 bits per heavy atom. The van der Waals surface area contributed by atoms with Gasteiger partial charge in [-0.1, -0.05) is 42.1 Å². The first-order chi connectivity index (χ1) is 12.2. The van der Waals surface area contributed by atoms with E-state index in [0.717, 1.165) is 11.8 Å². The largest absolute Gasteiger partial charge is 0.465 e. The Bertz CT molecular complexity index is 892. The van der Waals surface area contributed by atoms with E-state index in [1.165, 1.54) is 4.57 Å². The third-order valence-electron chi connectivity index (χ3n) is 3.29. The summed E-state index contributed by atoms with van der Waals surface area (Å²) in [5.74, 6) is 0.143. The van der Waals surface area contributed by atoms with Gasteiger partial charge in [0.15, 0.2) is 5.16 Å². The Kier molecular flexibility index (Phi) is 5.35. The number of hydrogen-bond acceptors (Lipinski definition) is 6. The molecular formula is C18H16N2O4S. The third-order valence-corrected chi connectivity index (χ3v) is 4.20. The lowest BCUT2D eigenvalue weighted by Crippen LogP contribution is -2.18. The number of nitrogens with zero attached hydrogens (tertiary/aromatic N) is 2. The molecule has 0 aliphatic heterocycles. The summed E-state index contributed by atoms with van der Waals surface area (Å²) in [4.78, 5) is 28.7. The van der Waals surface area contributed by atoms with Gasteiger partial charge in [-0.05, 0) is 31.2 Å². The zero-order chi connectivity index (χ0) is 17.6. The zero-order valence-electron chi connectivity index (χ0n) is 13.5. The SMILES string of the molecule is CCOC(=O)CSc1nc2ccccc2n1C(=O)Oc1ccccc1. The molecule has 0 unspecified atom stereocenters. The van der Waals surface area contributed by atoms with E-state index in [2.05, 4.69) is 4.98 Å². The van der Waals surface area contributed by atoms with Crippen LogP contribution < -0.4 is 4.74 Å². The third kappa shape index (κ3) is 4.00. The van der Waals surface area contributed by atoms with Crippen LogP contribution >= 0.6 is 11.8 Å². The van der Waals surface area contributed by atoms with Crippen LogP contribution in [0.15, 0.2) is 59.8 Å². The smallest absolute Gasteiger partial charge is 0.426 e. The summed E-state index contributed by atoms with van der Waals surface area (Å²) in [6.07, 6.45) is -0.578. The van der Waals surface area contributed by atoms with Gasteiger partial charge in [0.2, 0.25) is 0 Å². The predicted octanol–water partition coefficient (Wildman–Crippen LogP) is 3.74. The molecule has 0 saturated heterocycles. The maximum Gasteiger partial charge on any atom is 0.426 e. The molecule has 0 saturated carbocycles. The fourth-order valence-corrected chi connectivity index (χ4v) is 3.03. The second kappa shape index (κ2) is 7.85. The number of ether oxygens (including phenoxy) is 2. The molecule has 0 amide bonds. The summed E-state index contributed by atoms with van der Waals surface area (Å²) in [5.41, 5.74) is 1.27. The highest BCUT2D eigenvalue weighted by Crippen LogP contribution is 2.25. The van der Waals surface area contributed by atoms with Gasteiger partial charge in [0, 0.05) is 0 Å². The van der Waals surface area contributed by atoms with Gasteiger partial charge in [0.05, 0.1) is 23.4 Å². The number of aromatic nitrogens is 2. The summed E-state index contributed by atoms with van der Waals surface area (Å²) in [5, 5.41) is 0.384. The molecule has 0 radical (unpaired) electrons. The molecule has 0 atom stereocenters. The first-order valence-corrected chi connectivity index (χ1v) is 8.70. The van der Waals surface area contributed by atoms with Crippen LogP contribution in [0.2, 0.25) is 0 Å². The lowest BCUT2D eigenvalue weighted by atomic mass is 10.3. The number of para-hydroxylation sites is 3. The van der Waals surface area contributed by atoms with Crippen LogP contribution in [0.3, 0.4) is 0 Å². The highest BCUT2D eigenvalue weighted by Gasteiger charge is 2.20. The standard InChI is InChI=1S/C18H16N2O4S/c1-2-23-16(21)12-25-17-19-14-10-6-7-11-15(14)20(17)18(22)24-13-8-4-3-5-9-13/h3-11H,2,12H2,1H3. The molecule has 7 heteroatoms. The fraction of sp³-hybridized carbons (Fsp3) is 0.167. The van der Waals surface area contributed by atoms with E-state index in [0.29, 0.717) is 28.5 Å². The van der Waals surface area contributed by atoms with Crippen molar-refractivity contribution in [3.8, 4) is 5.75 Å². The number of esters is 1. The second-order valence-corrected chi connectivity index (χ2v) is 5.94. The van der Waals surface area contributed by atoms with Gasteiger partial charge < -0.3 is 9.47 Å². The lowest BCUT2D eigenvalue weighted by molar-refractivity contribution is -0.139. The van der Waals surface area contributed by atoms with E-state index >= 15 is 0 Å². The molecule has 0 fully saturated rings. The molecule has 2 aromatic carbocycles. The molecule has 0 spiro atoms. The Morgan fingerprint density at radius 1 is 1.08 bits per heavy atom. The number of hydrogen-bond donors (Lipinski definition) is 0. The lowest BCUT2D eigenvalue weighted by Gasteiger charge is -2.08. The van der Waals surface area contributed by atoms with E-state index in [1.54, 1.807) is 43.3 Å². The number of thioether (sulfide) groups is 1. The highest BCUT2D eigenvalue weighted by molar-refractivity contribution is 7.99. The van der Waals surface area contributed by atoms with Crippen molar-refractivity contribution < 1.29 is 19.1 Å². The minimum absolute atomic E-state index is 0.0653. The molecule has 0 N–H and O–H groups in total. The Hall–Kier alpha value is -2.80. The average molecular weight is 356 g/mol. The monoisotopic (exact) mass is 356 g/mol. The molecule has 6 nitrogen and oxygen atoms in total. The van der Waals surface area contributed by atoms with Gasteiger partial charge in [-0.15, -0.1) is 0 Å². The van der Waals surface area contributed by atoms with Crippen molar-refractivity contribution in [2.24, 2.45) is 0 Å². The van der Waals surface area contributed by atoms with Crippen LogP contribution in [0.5, 0.6) is 5.75 Å². The number of carbonyl (C=O) groups excluding carboxylic acids is 2. The Labute approximate surface area is 148 Å². The van der Waals surface area contributed by atoms with E-state index in [-0.39, 0.29) is 11.7 Å². The maximum absolute atomic E-state index is 12.7. The summed E-state index contributed by atoms with van der Waals surface area (Å²) in [6, 6.07) is 16.0. The molecule has 0 bridgehead atoms. The molecule has 1 aromatic heterocycles. The Morgan fingerprint density at radius 3 is 2.56 bits per heavy atom. The Balaban J connectivity index is 1.90. The summed E-state index contributed by atoms with van der Waals surface area (Å²) in [6.45, 7) is 2.06. The molecule has 3 aromatic rings. The average Bonchev–Trinajstić information content (AvgIpc) is 2.99. The maximum atomic E-state index is 12.7. The van der Waals surface area contributed by atoms with Gasteiger partial charge in [-0.2, -0.15) is 0 Å². The molecule has 0 aliphatic carbocycles. The number of imidazole rings is 1. The molecular weight excluding hydrogens is 340 g/mol. The quantitative estimate of drug-likeness (QED) is 0.512. The van der Waals surface area contributed by atoms with Crippen molar-refractivity contribution in [3.05, 3.63) is 54.6 Å². The van der Waals surface area contributed by atoms with Gasteiger partial charge in [-0.3, -0.25) is 4.79 Å². The van der Waals surface area contributed by atoms with Crippen LogP contribution in [0, 0.1) is 0 Å².